The van der Waals surface area contributed by atoms with Gasteiger partial charge in [0.25, 0.3) is 0 Å². The molecule has 0 aromatic heterocycles. The molecule has 0 radical (unpaired) electrons. The van der Waals surface area contributed by atoms with Gasteiger partial charge in [0.05, 0.1) is 12.1 Å². The van der Waals surface area contributed by atoms with Crippen LogP contribution < -0.4 is 10.6 Å². The van der Waals surface area contributed by atoms with Crippen molar-refractivity contribution in [2.45, 2.75) is 57.1 Å². The molecule has 2 saturated heterocycles. The molecule has 3 rings (SSSR count). The Hall–Kier alpha value is -0.610. The van der Waals surface area contributed by atoms with Crippen LogP contribution in [0.1, 0.15) is 44.9 Å². The molecule has 0 spiro atoms. The minimum absolute atomic E-state index is 0.236. The van der Waals surface area contributed by atoms with Crippen LogP contribution in [0.3, 0.4) is 0 Å². The third-order valence-electron chi connectivity index (χ3n) is 4.81. The maximum Gasteiger partial charge on any atom is 0.220 e. The van der Waals surface area contributed by atoms with Gasteiger partial charge in [0.1, 0.15) is 0 Å². The highest BCUT2D eigenvalue weighted by atomic mass is 16.5. The SMILES string of the molecule is O=C(CCC1CCNCC1)NC1CCOC1C1CC1. The number of amides is 1. The van der Waals surface area contributed by atoms with Crippen molar-refractivity contribution >= 4 is 5.91 Å². The summed E-state index contributed by atoms with van der Waals surface area (Å²) in [5.74, 6) is 1.70. The van der Waals surface area contributed by atoms with Crippen LogP contribution >= 0.6 is 0 Å². The molecule has 0 aromatic carbocycles. The van der Waals surface area contributed by atoms with E-state index in [0.29, 0.717) is 12.5 Å². The standard InChI is InChI=1S/C15H26N2O2/c18-14(4-1-11-5-8-16-9-6-11)17-13-7-10-19-15(13)12-2-3-12/h11-13,15-16H,1-10H2,(H,17,18). The van der Waals surface area contributed by atoms with Crippen LogP contribution in [-0.4, -0.2) is 37.7 Å². The zero-order valence-electron chi connectivity index (χ0n) is 11.7. The average molecular weight is 266 g/mol. The van der Waals surface area contributed by atoms with E-state index in [1.807, 2.05) is 0 Å². The summed E-state index contributed by atoms with van der Waals surface area (Å²) in [7, 11) is 0. The highest BCUT2D eigenvalue weighted by molar-refractivity contribution is 5.76. The number of carbonyl (C=O) groups is 1. The first kappa shape index (κ1) is 13.4. The van der Waals surface area contributed by atoms with Crippen molar-refractivity contribution in [3.63, 3.8) is 0 Å². The van der Waals surface area contributed by atoms with Gasteiger partial charge in [0.2, 0.25) is 5.91 Å². The summed E-state index contributed by atoms with van der Waals surface area (Å²) in [5, 5.41) is 6.58. The fraction of sp³-hybridized carbons (Fsp3) is 0.933. The Labute approximate surface area is 115 Å². The van der Waals surface area contributed by atoms with Gasteiger partial charge in [-0.3, -0.25) is 4.79 Å². The van der Waals surface area contributed by atoms with Crippen LogP contribution in [0.5, 0.6) is 0 Å². The zero-order chi connectivity index (χ0) is 13.1. The molecule has 4 nitrogen and oxygen atoms in total. The van der Waals surface area contributed by atoms with E-state index in [2.05, 4.69) is 10.6 Å². The number of hydrogen-bond acceptors (Lipinski definition) is 3. The highest BCUT2D eigenvalue weighted by Gasteiger charge is 2.41. The van der Waals surface area contributed by atoms with E-state index >= 15 is 0 Å². The first-order valence-electron chi connectivity index (χ1n) is 7.94. The Kier molecular flexibility index (Phi) is 4.38. The number of ether oxygens (including phenoxy) is 1. The summed E-state index contributed by atoms with van der Waals surface area (Å²) in [6.07, 6.45) is 8.07. The van der Waals surface area contributed by atoms with Crippen molar-refractivity contribution in [3.8, 4) is 0 Å². The lowest BCUT2D eigenvalue weighted by molar-refractivity contribution is -0.122. The van der Waals surface area contributed by atoms with E-state index in [1.54, 1.807) is 0 Å². The van der Waals surface area contributed by atoms with Gasteiger partial charge in [-0.1, -0.05) is 0 Å². The Morgan fingerprint density at radius 1 is 1.16 bits per heavy atom. The summed E-state index contributed by atoms with van der Waals surface area (Å²) in [4.78, 5) is 12.0. The second-order valence-corrected chi connectivity index (χ2v) is 6.37. The molecule has 4 heteroatoms. The fourth-order valence-electron chi connectivity index (χ4n) is 3.44. The molecule has 1 amide bonds. The molecule has 0 aromatic rings. The molecule has 1 aliphatic carbocycles. The second kappa shape index (κ2) is 6.23. The van der Waals surface area contributed by atoms with Gasteiger partial charge in [0, 0.05) is 13.0 Å². The normalized spacial score (nSPS) is 32.4. The van der Waals surface area contributed by atoms with Crippen LogP contribution in [0, 0.1) is 11.8 Å². The van der Waals surface area contributed by atoms with Gasteiger partial charge in [-0.2, -0.15) is 0 Å². The maximum atomic E-state index is 12.0. The van der Waals surface area contributed by atoms with Crippen molar-refractivity contribution in [3.05, 3.63) is 0 Å². The third kappa shape index (κ3) is 3.69. The smallest absolute Gasteiger partial charge is 0.220 e. The molecule has 2 unspecified atom stereocenters. The largest absolute Gasteiger partial charge is 0.376 e. The quantitative estimate of drug-likeness (QED) is 0.792. The Morgan fingerprint density at radius 2 is 1.95 bits per heavy atom. The molecule has 0 bridgehead atoms. The van der Waals surface area contributed by atoms with Crippen molar-refractivity contribution in [1.82, 2.24) is 10.6 Å². The molecular formula is C15H26N2O2. The number of rotatable bonds is 5. The Bertz CT molecular complexity index is 311. The predicted molar refractivity (Wildman–Crippen MR) is 73.8 cm³/mol. The molecule has 3 fully saturated rings. The van der Waals surface area contributed by atoms with Gasteiger partial charge < -0.3 is 15.4 Å². The molecule has 2 heterocycles. The maximum absolute atomic E-state index is 12.0. The molecule has 19 heavy (non-hydrogen) atoms. The van der Waals surface area contributed by atoms with E-state index in [-0.39, 0.29) is 11.9 Å². The van der Waals surface area contributed by atoms with E-state index in [1.165, 1.54) is 25.7 Å². The van der Waals surface area contributed by atoms with Crippen molar-refractivity contribution in [2.75, 3.05) is 19.7 Å². The van der Waals surface area contributed by atoms with Crippen LogP contribution in [-0.2, 0) is 9.53 Å². The molecular weight excluding hydrogens is 240 g/mol. The molecule has 2 N–H and O–H groups in total. The molecule has 2 atom stereocenters. The fourth-order valence-corrected chi connectivity index (χ4v) is 3.44. The van der Waals surface area contributed by atoms with E-state index < -0.39 is 0 Å². The second-order valence-electron chi connectivity index (χ2n) is 6.37. The predicted octanol–water partition coefficient (Wildman–Crippen LogP) is 1.45. The summed E-state index contributed by atoms with van der Waals surface area (Å²) in [5.41, 5.74) is 0. The van der Waals surface area contributed by atoms with Gasteiger partial charge >= 0.3 is 0 Å². The topological polar surface area (TPSA) is 50.4 Å². The van der Waals surface area contributed by atoms with Gasteiger partial charge in [-0.15, -0.1) is 0 Å². The van der Waals surface area contributed by atoms with E-state index in [0.717, 1.165) is 44.4 Å². The van der Waals surface area contributed by atoms with Crippen LogP contribution in [0.4, 0.5) is 0 Å². The van der Waals surface area contributed by atoms with Crippen LogP contribution in [0.25, 0.3) is 0 Å². The van der Waals surface area contributed by atoms with Gasteiger partial charge in [0.15, 0.2) is 0 Å². The average Bonchev–Trinajstić information content (AvgIpc) is 3.18. The van der Waals surface area contributed by atoms with Crippen LogP contribution in [0.2, 0.25) is 0 Å². The summed E-state index contributed by atoms with van der Waals surface area (Å²) in [6.45, 7) is 3.05. The first-order valence-corrected chi connectivity index (χ1v) is 7.94. The number of carbonyl (C=O) groups excluding carboxylic acids is 1. The Balaban J connectivity index is 1.38. The van der Waals surface area contributed by atoms with Crippen molar-refractivity contribution in [2.24, 2.45) is 11.8 Å². The number of hydrogen-bond donors (Lipinski definition) is 2. The lowest BCUT2D eigenvalue weighted by Gasteiger charge is -2.23. The monoisotopic (exact) mass is 266 g/mol. The van der Waals surface area contributed by atoms with Crippen molar-refractivity contribution < 1.29 is 9.53 Å². The number of nitrogens with one attached hydrogen (secondary N) is 2. The van der Waals surface area contributed by atoms with Gasteiger partial charge in [-0.05, 0) is 63.5 Å². The van der Waals surface area contributed by atoms with Crippen molar-refractivity contribution in [1.29, 1.82) is 0 Å². The molecule has 2 aliphatic heterocycles. The lowest BCUT2D eigenvalue weighted by Crippen LogP contribution is -2.41. The minimum Gasteiger partial charge on any atom is -0.376 e. The van der Waals surface area contributed by atoms with Crippen LogP contribution in [0.15, 0.2) is 0 Å². The summed E-state index contributed by atoms with van der Waals surface area (Å²) < 4.78 is 5.76. The minimum atomic E-state index is 0.236. The molecule has 3 aliphatic rings. The lowest BCUT2D eigenvalue weighted by atomic mass is 9.93. The first-order chi connectivity index (χ1) is 9.33. The van der Waals surface area contributed by atoms with E-state index in [4.69, 9.17) is 4.74 Å². The summed E-state index contributed by atoms with van der Waals surface area (Å²) in [6, 6.07) is 0.285. The number of piperidine rings is 1. The molecule has 1 saturated carbocycles. The van der Waals surface area contributed by atoms with Gasteiger partial charge in [-0.25, -0.2) is 0 Å². The third-order valence-corrected chi connectivity index (χ3v) is 4.81. The zero-order valence-corrected chi connectivity index (χ0v) is 11.7. The summed E-state index contributed by atoms with van der Waals surface area (Å²) >= 11 is 0. The van der Waals surface area contributed by atoms with E-state index in [9.17, 15) is 4.79 Å². The Morgan fingerprint density at radius 3 is 2.68 bits per heavy atom. The highest BCUT2D eigenvalue weighted by Crippen LogP contribution is 2.38. The molecule has 108 valence electrons.